The molecule has 7 heteroatoms. The normalized spacial score (nSPS) is 16.4. The molecule has 0 heterocycles. The fraction of sp³-hybridized carbons (Fsp3) is 0.909. The lowest BCUT2D eigenvalue weighted by atomic mass is 9.91. The maximum absolute atomic E-state index is 11.9. The number of ether oxygens (including phenoxy) is 1. The molecular formula is C11H18F3NO3. The first kappa shape index (κ1) is 15.2. The van der Waals surface area contributed by atoms with Crippen molar-refractivity contribution in [1.29, 1.82) is 0 Å². The Kier molecular flexibility index (Phi) is 5.87. The average Bonchev–Trinajstić information content (AvgIpc) is 2.19. The fourth-order valence-electron chi connectivity index (χ4n) is 1.79. The zero-order chi connectivity index (χ0) is 13.6. The van der Waals surface area contributed by atoms with Crippen LogP contribution in [0.1, 0.15) is 25.7 Å². The number of rotatable bonds is 7. The van der Waals surface area contributed by atoms with Gasteiger partial charge >= 0.3 is 6.18 Å². The number of aliphatic hydroxyl groups excluding tert-OH is 1. The molecule has 1 fully saturated rings. The Morgan fingerprint density at radius 3 is 2.50 bits per heavy atom. The van der Waals surface area contributed by atoms with Crippen molar-refractivity contribution in [2.75, 3.05) is 26.4 Å². The van der Waals surface area contributed by atoms with Gasteiger partial charge in [-0.1, -0.05) is 0 Å². The van der Waals surface area contributed by atoms with Gasteiger partial charge in [0.15, 0.2) is 0 Å². The summed E-state index contributed by atoms with van der Waals surface area (Å²) in [6.07, 6.45) is -1.21. The minimum atomic E-state index is -4.41. The third kappa shape index (κ3) is 5.22. The van der Waals surface area contributed by atoms with Gasteiger partial charge in [-0.25, -0.2) is 0 Å². The Morgan fingerprint density at radius 2 is 2.06 bits per heavy atom. The zero-order valence-corrected chi connectivity index (χ0v) is 10.1. The SMILES string of the molecule is O=C(COCC(F)(F)F)N(CCCO)C1CCC1. The highest BCUT2D eigenvalue weighted by atomic mass is 19.4. The second-order valence-corrected chi connectivity index (χ2v) is 4.36. The number of hydrogen-bond donors (Lipinski definition) is 1. The van der Waals surface area contributed by atoms with Crippen molar-refractivity contribution in [1.82, 2.24) is 4.90 Å². The number of carbonyl (C=O) groups excluding carboxylic acids is 1. The minimum absolute atomic E-state index is 0.0418. The van der Waals surface area contributed by atoms with Crippen LogP contribution < -0.4 is 0 Å². The van der Waals surface area contributed by atoms with Crippen LogP contribution in [0.15, 0.2) is 0 Å². The van der Waals surface area contributed by atoms with Crippen LogP contribution in [0.25, 0.3) is 0 Å². The molecule has 0 radical (unpaired) electrons. The van der Waals surface area contributed by atoms with Crippen LogP contribution >= 0.6 is 0 Å². The van der Waals surface area contributed by atoms with Gasteiger partial charge in [-0.15, -0.1) is 0 Å². The highest BCUT2D eigenvalue weighted by Crippen LogP contribution is 2.25. The molecule has 106 valence electrons. The molecule has 0 aromatic carbocycles. The highest BCUT2D eigenvalue weighted by Gasteiger charge is 2.31. The Balaban J connectivity index is 2.34. The Hall–Kier alpha value is -0.820. The monoisotopic (exact) mass is 269 g/mol. The second kappa shape index (κ2) is 6.94. The molecule has 0 atom stereocenters. The maximum Gasteiger partial charge on any atom is 0.411 e. The molecule has 0 unspecified atom stereocenters. The van der Waals surface area contributed by atoms with Crippen molar-refractivity contribution in [3.63, 3.8) is 0 Å². The molecule has 1 aliphatic rings. The van der Waals surface area contributed by atoms with E-state index in [1.54, 1.807) is 0 Å². The van der Waals surface area contributed by atoms with Gasteiger partial charge in [0.05, 0.1) is 0 Å². The van der Waals surface area contributed by atoms with Crippen LogP contribution in [-0.2, 0) is 9.53 Å². The van der Waals surface area contributed by atoms with Gasteiger partial charge in [0.1, 0.15) is 13.2 Å². The van der Waals surface area contributed by atoms with E-state index >= 15 is 0 Å². The van der Waals surface area contributed by atoms with Crippen LogP contribution in [-0.4, -0.2) is 54.5 Å². The summed E-state index contributed by atoms with van der Waals surface area (Å²) in [7, 11) is 0. The summed E-state index contributed by atoms with van der Waals surface area (Å²) in [4.78, 5) is 13.2. The van der Waals surface area contributed by atoms with E-state index in [0.29, 0.717) is 13.0 Å². The van der Waals surface area contributed by atoms with Gasteiger partial charge < -0.3 is 14.7 Å². The summed E-state index contributed by atoms with van der Waals surface area (Å²) >= 11 is 0. The number of alkyl halides is 3. The highest BCUT2D eigenvalue weighted by molar-refractivity contribution is 5.77. The summed E-state index contributed by atoms with van der Waals surface area (Å²) < 4.78 is 39.9. The molecule has 1 amide bonds. The van der Waals surface area contributed by atoms with Crippen molar-refractivity contribution in [2.24, 2.45) is 0 Å². The van der Waals surface area contributed by atoms with Gasteiger partial charge in [0.2, 0.25) is 5.91 Å². The number of halogens is 3. The molecule has 1 N–H and O–H groups in total. The van der Waals surface area contributed by atoms with E-state index in [9.17, 15) is 18.0 Å². The predicted molar refractivity (Wildman–Crippen MR) is 57.9 cm³/mol. The van der Waals surface area contributed by atoms with Crippen LogP contribution in [0.4, 0.5) is 13.2 Å². The first-order valence-corrected chi connectivity index (χ1v) is 5.99. The molecule has 0 aliphatic heterocycles. The molecule has 4 nitrogen and oxygen atoms in total. The Bertz CT molecular complexity index is 267. The minimum Gasteiger partial charge on any atom is -0.396 e. The molecule has 18 heavy (non-hydrogen) atoms. The third-order valence-electron chi connectivity index (χ3n) is 2.88. The fourth-order valence-corrected chi connectivity index (χ4v) is 1.79. The number of carbonyl (C=O) groups is 1. The lowest BCUT2D eigenvalue weighted by Gasteiger charge is -2.37. The summed E-state index contributed by atoms with van der Waals surface area (Å²) in [6.45, 7) is -1.63. The van der Waals surface area contributed by atoms with E-state index in [1.165, 1.54) is 4.90 Å². The number of hydrogen-bond acceptors (Lipinski definition) is 3. The van der Waals surface area contributed by atoms with E-state index in [4.69, 9.17) is 5.11 Å². The Morgan fingerprint density at radius 1 is 1.39 bits per heavy atom. The smallest absolute Gasteiger partial charge is 0.396 e. The van der Waals surface area contributed by atoms with Crippen LogP contribution in [0.3, 0.4) is 0 Å². The summed E-state index contributed by atoms with van der Waals surface area (Å²) in [5, 5.41) is 8.73. The van der Waals surface area contributed by atoms with Crippen molar-refractivity contribution in [2.45, 2.75) is 37.9 Å². The summed E-state index contributed by atoms with van der Waals surface area (Å²) in [5.74, 6) is -0.433. The van der Waals surface area contributed by atoms with Crippen molar-refractivity contribution < 1.29 is 27.8 Å². The largest absolute Gasteiger partial charge is 0.411 e. The van der Waals surface area contributed by atoms with Gasteiger partial charge in [0.25, 0.3) is 0 Å². The molecular weight excluding hydrogens is 251 g/mol. The van der Waals surface area contributed by atoms with Gasteiger partial charge in [-0.3, -0.25) is 4.79 Å². The van der Waals surface area contributed by atoms with Crippen molar-refractivity contribution >= 4 is 5.91 Å². The van der Waals surface area contributed by atoms with Gasteiger partial charge in [-0.2, -0.15) is 13.2 Å². The predicted octanol–water partition coefficient (Wildman–Crippen LogP) is 1.33. The standard InChI is InChI=1S/C11H18F3NO3/c12-11(13,14)8-18-7-10(17)15(5-2-6-16)9-3-1-4-9/h9,16H,1-8H2. The van der Waals surface area contributed by atoms with Crippen molar-refractivity contribution in [3.05, 3.63) is 0 Å². The quantitative estimate of drug-likeness (QED) is 0.758. The number of nitrogens with zero attached hydrogens (tertiary/aromatic N) is 1. The van der Waals surface area contributed by atoms with Crippen molar-refractivity contribution in [3.8, 4) is 0 Å². The van der Waals surface area contributed by atoms with Gasteiger partial charge in [0, 0.05) is 19.2 Å². The molecule has 0 aromatic heterocycles. The van der Waals surface area contributed by atoms with Crippen LogP contribution in [0.2, 0.25) is 0 Å². The van der Waals surface area contributed by atoms with E-state index in [-0.39, 0.29) is 12.6 Å². The molecule has 0 bridgehead atoms. The van der Waals surface area contributed by atoms with E-state index in [2.05, 4.69) is 4.74 Å². The summed E-state index contributed by atoms with van der Waals surface area (Å²) in [6, 6.07) is 0.0959. The summed E-state index contributed by atoms with van der Waals surface area (Å²) in [5.41, 5.74) is 0. The molecule has 0 spiro atoms. The molecule has 1 rings (SSSR count). The Labute approximate surface area is 104 Å². The van der Waals surface area contributed by atoms with Crippen LogP contribution in [0.5, 0.6) is 0 Å². The number of aliphatic hydroxyl groups is 1. The second-order valence-electron chi connectivity index (χ2n) is 4.36. The topological polar surface area (TPSA) is 49.8 Å². The lowest BCUT2D eigenvalue weighted by Crippen LogP contribution is -2.46. The molecule has 1 aliphatic carbocycles. The van der Waals surface area contributed by atoms with E-state index in [1.807, 2.05) is 0 Å². The average molecular weight is 269 g/mol. The van der Waals surface area contributed by atoms with Gasteiger partial charge in [-0.05, 0) is 25.7 Å². The molecule has 0 saturated heterocycles. The zero-order valence-electron chi connectivity index (χ0n) is 10.1. The first-order chi connectivity index (χ1) is 8.44. The first-order valence-electron chi connectivity index (χ1n) is 5.99. The third-order valence-corrected chi connectivity index (χ3v) is 2.88. The lowest BCUT2D eigenvalue weighted by molar-refractivity contribution is -0.178. The van der Waals surface area contributed by atoms with Crippen LogP contribution in [0, 0.1) is 0 Å². The van der Waals surface area contributed by atoms with E-state index < -0.39 is 25.3 Å². The molecule has 1 saturated carbocycles. The molecule has 0 aromatic rings. The number of amides is 1. The maximum atomic E-state index is 11.9. The van der Waals surface area contributed by atoms with E-state index in [0.717, 1.165) is 19.3 Å².